The van der Waals surface area contributed by atoms with Gasteiger partial charge < -0.3 is 4.57 Å². The molecule has 0 N–H and O–H groups in total. The Balaban J connectivity index is 1.71. The molecule has 0 amide bonds. The van der Waals surface area contributed by atoms with E-state index in [1.54, 1.807) is 12.1 Å². The fourth-order valence-electron chi connectivity index (χ4n) is 3.17. The molecule has 2 nitrogen and oxygen atoms in total. The molecule has 1 aromatic heterocycles. The van der Waals surface area contributed by atoms with E-state index in [2.05, 4.69) is 25.3 Å². The fourth-order valence-corrected chi connectivity index (χ4v) is 3.17. The first-order chi connectivity index (χ1) is 11.0. The molecule has 0 spiro atoms. The van der Waals surface area contributed by atoms with E-state index in [0.29, 0.717) is 18.8 Å². The number of aryl methyl sites for hydroxylation is 2. The van der Waals surface area contributed by atoms with Gasteiger partial charge in [0.1, 0.15) is 5.82 Å². The van der Waals surface area contributed by atoms with Crippen LogP contribution in [0.4, 0.5) is 4.39 Å². The van der Waals surface area contributed by atoms with Crippen LogP contribution in [-0.2, 0) is 13.0 Å². The average molecular weight is 313 g/mol. The lowest BCUT2D eigenvalue weighted by molar-refractivity contribution is 0.0973. The van der Waals surface area contributed by atoms with Crippen molar-refractivity contribution in [3.8, 4) is 0 Å². The predicted octanol–water partition coefficient (Wildman–Crippen LogP) is 4.72. The molecule has 0 aliphatic heterocycles. The third kappa shape index (κ3) is 3.54. The molecular weight excluding hydrogens is 289 g/mol. The van der Waals surface area contributed by atoms with E-state index in [9.17, 15) is 9.18 Å². The van der Waals surface area contributed by atoms with Gasteiger partial charge in [0.25, 0.3) is 0 Å². The normalized spacial score (nSPS) is 19.8. The number of nitrogens with zero attached hydrogens (tertiary/aromatic N) is 1. The number of hydrogen-bond acceptors (Lipinski definition) is 1. The van der Waals surface area contributed by atoms with Crippen LogP contribution < -0.4 is 0 Å². The maximum atomic E-state index is 12.9. The largest absolute Gasteiger partial charge is 0.342 e. The number of ketones is 1. The minimum absolute atomic E-state index is 0.179. The molecule has 3 rings (SSSR count). The highest BCUT2D eigenvalue weighted by Gasteiger charge is 2.33. The first kappa shape index (κ1) is 16.0. The van der Waals surface area contributed by atoms with Gasteiger partial charge in [0.15, 0.2) is 5.78 Å². The molecule has 1 fully saturated rings. The summed E-state index contributed by atoms with van der Waals surface area (Å²) >= 11 is 0. The minimum Gasteiger partial charge on any atom is -0.342 e. The highest BCUT2D eigenvalue weighted by Crippen LogP contribution is 2.39. The van der Waals surface area contributed by atoms with Crippen LogP contribution in [0.3, 0.4) is 0 Å². The molecule has 1 heterocycles. The van der Waals surface area contributed by atoms with Crippen LogP contribution in [0.15, 0.2) is 30.3 Å². The molecule has 1 aliphatic carbocycles. The van der Waals surface area contributed by atoms with E-state index < -0.39 is 0 Å². The third-order valence-electron chi connectivity index (χ3n) is 5.15. The number of carbonyl (C=O) groups is 1. The third-order valence-corrected chi connectivity index (χ3v) is 5.15. The van der Waals surface area contributed by atoms with E-state index in [4.69, 9.17) is 0 Å². The van der Waals surface area contributed by atoms with Crippen LogP contribution in [0.1, 0.15) is 47.1 Å². The van der Waals surface area contributed by atoms with Gasteiger partial charge in [-0.15, -0.1) is 0 Å². The van der Waals surface area contributed by atoms with Crippen molar-refractivity contribution in [2.45, 2.75) is 46.6 Å². The van der Waals surface area contributed by atoms with Gasteiger partial charge in [-0.05, 0) is 67.9 Å². The lowest BCUT2D eigenvalue weighted by atomic mass is 10.1. The van der Waals surface area contributed by atoms with E-state index >= 15 is 0 Å². The molecule has 0 saturated heterocycles. The Morgan fingerprint density at radius 3 is 2.52 bits per heavy atom. The number of benzene rings is 1. The van der Waals surface area contributed by atoms with Gasteiger partial charge in [-0.25, -0.2) is 4.39 Å². The monoisotopic (exact) mass is 313 g/mol. The first-order valence-electron chi connectivity index (χ1n) is 8.40. The molecule has 2 unspecified atom stereocenters. The van der Waals surface area contributed by atoms with E-state index in [1.165, 1.54) is 29.8 Å². The first-order valence-corrected chi connectivity index (χ1v) is 8.40. The van der Waals surface area contributed by atoms with Crippen LogP contribution in [-0.4, -0.2) is 10.4 Å². The Morgan fingerprint density at radius 1 is 1.26 bits per heavy atom. The van der Waals surface area contributed by atoms with Crippen LogP contribution >= 0.6 is 0 Å². The molecule has 23 heavy (non-hydrogen) atoms. The maximum Gasteiger partial charge on any atom is 0.179 e. The second kappa shape index (κ2) is 6.31. The Morgan fingerprint density at radius 2 is 1.91 bits per heavy atom. The van der Waals surface area contributed by atoms with Crippen LogP contribution in [0.25, 0.3) is 0 Å². The summed E-state index contributed by atoms with van der Waals surface area (Å²) in [4.78, 5) is 12.7. The van der Waals surface area contributed by atoms with Gasteiger partial charge in [-0.2, -0.15) is 0 Å². The van der Waals surface area contributed by atoms with Crippen LogP contribution in [0.2, 0.25) is 0 Å². The molecule has 2 atom stereocenters. The minimum atomic E-state index is -0.237. The van der Waals surface area contributed by atoms with Crippen molar-refractivity contribution >= 4 is 5.78 Å². The van der Waals surface area contributed by atoms with Crippen molar-refractivity contribution in [1.29, 1.82) is 0 Å². The summed E-state index contributed by atoms with van der Waals surface area (Å²) in [6, 6.07) is 8.43. The summed E-state index contributed by atoms with van der Waals surface area (Å²) in [5.74, 6) is 1.43. The molecule has 1 aliphatic rings. The number of aromatic nitrogens is 1. The molecule has 3 heteroatoms. The lowest BCUT2D eigenvalue weighted by Crippen LogP contribution is -2.13. The lowest BCUT2D eigenvalue weighted by Gasteiger charge is -2.11. The zero-order valence-corrected chi connectivity index (χ0v) is 14.1. The topological polar surface area (TPSA) is 22.0 Å². The Bertz CT molecular complexity index is 714. The summed E-state index contributed by atoms with van der Waals surface area (Å²) < 4.78 is 15.1. The van der Waals surface area contributed by atoms with E-state index in [0.717, 1.165) is 23.7 Å². The van der Waals surface area contributed by atoms with Crippen molar-refractivity contribution in [1.82, 2.24) is 4.57 Å². The summed E-state index contributed by atoms with van der Waals surface area (Å²) in [6.07, 6.45) is 2.39. The van der Waals surface area contributed by atoms with Crippen molar-refractivity contribution < 1.29 is 9.18 Å². The second-order valence-electron chi connectivity index (χ2n) is 6.93. The van der Waals surface area contributed by atoms with Gasteiger partial charge in [-0.1, -0.05) is 19.1 Å². The second-order valence-corrected chi connectivity index (χ2v) is 6.93. The number of halogens is 1. The molecule has 0 radical (unpaired) electrons. The van der Waals surface area contributed by atoms with Crippen molar-refractivity contribution in [2.75, 3.05) is 0 Å². The van der Waals surface area contributed by atoms with Crippen molar-refractivity contribution in [3.63, 3.8) is 0 Å². The Kier molecular flexibility index (Phi) is 4.38. The predicted molar refractivity (Wildman–Crippen MR) is 90.2 cm³/mol. The quantitative estimate of drug-likeness (QED) is 0.708. The average Bonchev–Trinajstić information content (AvgIpc) is 3.16. The molecule has 1 saturated carbocycles. The highest BCUT2D eigenvalue weighted by molar-refractivity contribution is 5.95. The SMILES string of the molecule is Cc1cc(C(=O)CCc2ccc(F)cc2)n(CC2CC2C)c1C. The van der Waals surface area contributed by atoms with Crippen LogP contribution in [0, 0.1) is 31.5 Å². The molecule has 0 bridgehead atoms. The van der Waals surface area contributed by atoms with Gasteiger partial charge in [0, 0.05) is 18.7 Å². The zero-order valence-electron chi connectivity index (χ0n) is 14.1. The van der Waals surface area contributed by atoms with Gasteiger partial charge >= 0.3 is 0 Å². The van der Waals surface area contributed by atoms with Gasteiger partial charge in [-0.3, -0.25) is 4.79 Å². The zero-order chi connectivity index (χ0) is 16.6. The summed E-state index contributed by atoms with van der Waals surface area (Å²) in [5.41, 5.74) is 4.22. The Labute approximate surface area is 137 Å². The standard InChI is InChI=1S/C20H24FNO/c1-13-11-19(22(15(13)3)12-17-10-14(17)2)20(23)9-6-16-4-7-18(21)8-5-16/h4-5,7-8,11,14,17H,6,9-10,12H2,1-3H3. The smallest absolute Gasteiger partial charge is 0.179 e. The summed E-state index contributed by atoms with van der Waals surface area (Å²) in [5, 5.41) is 0. The molecular formula is C20H24FNO. The van der Waals surface area contributed by atoms with Gasteiger partial charge in [0.2, 0.25) is 0 Å². The van der Waals surface area contributed by atoms with Crippen LogP contribution in [0.5, 0.6) is 0 Å². The number of rotatable bonds is 6. The van der Waals surface area contributed by atoms with Crippen molar-refractivity contribution in [2.24, 2.45) is 11.8 Å². The van der Waals surface area contributed by atoms with E-state index in [1.807, 2.05) is 6.07 Å². The van der Waals surface area contributed by atoms with Gasteiger partial charge in [0.05, 0.1) is 5.69 Å². The highest BCUT2D eigenvalue weighted by atomic mass is 19.1. The van der Waals surface area contributed by atoms with E-state index in [-0.39, 0.29) is 11.6 Å². The fraction of sp³-hybridized carbons (Fsp3) is 0.450. The number of carbonyl (C=O) groups excluding carboxylic acids is 1. The van der Waals surface area contributed by atoms with Crippen molar-refractivity contribution in [3.05, 3.63) is 58.7 Å². The maximum absolute atomic E-state index is 12.9. The Hall–Kier alpha value is -1.90. The molecule has 122 valence electrons. The number of hydrogen-bond donors (Lipinski definition) is 0. The summed E-state index contributed by atoms with van der Waals surface area (Å²) in [6.45, 7) is 7.39. The molecule has 1 aromatic carbocycles. The summed E-state index contributed by atoms with van der Waals surface area (Å²) in [7, 11) is 0. The molecule has 2 aromatic rings. The number of Topliss-reactive ketones (excluding diaryl/α,β-unsaturated/α-hetero) is 1.